The Hall–Kier alpha value is -2.52. The molecule has 0 amide bonds. The Morgan fingerprint density at radius 2 is 2.07 bits per heavy atom. The lowest BCUT2D eigenvalue weighted by molar-refractivity contribution is 0.224. The number of hydrogen-bond acceptors (Lipinski definition) is 8. The molecule has 1 aliphatic rings. The molecule has 2 aromatic carbocycles. The van der Waals surface area contributed by atoms with Crippen molar-refractivity contribution in [1.29, 1.82) is 0 Å². The highest BCUT2D eigenvalue weighted by Crippen LogP contribution is 2.41. The Morgan fingerprint density at radius 1 is 1.22 bits per heavy atom. The molecule has 3 aromatic rings. The minimum absolute atomic E-state index is 0.0632. The number of aromatic hydroxyl groups is 1. The summed E-state index contributed by atoms with van der Waals surface area (Å²) in [5.41, 5.74) is 3.00. The number of hydrogen-bond donors (Lipinski definition) is 2. The van der Waals surface area contributed by atoms with Crippen LogP contribution >= 0.6 is 27.7 Å². The van der Waals surface area contributed by atoms with Crippen molar-refractivity contribution in [2.45, 2.75) is 11.4 Å². The molecule has 7 nitrogen and oxygen atoms in total. The van der Waals surface area contributed by atoms with Gasteiger partial charge in [-0.3, -0.25) is 0 Å². The number of halogens is 1. The molecular weight excluding hydrogens is 432 g/mol. The number of phenols is 1. The van der Waals surface area contributed by atoms with Crippen molar-refractivity contribution in [2.24, 2.45) is 0 Å². The van der Waals surface area contributed by atoms with Crippen LogP contribution < -0.4 is 14.8 Å². The summed E-state index contributed by atoms with van der Waals surface area (Å²) in [5, 5.41) is 22.2. The van der Waals surface area contributed by atoms with Gasteiger partial charge in [0.05, 0.1) is 7.11 Å². The van der Waals surface area contributed by atoms with Gasteiger partial charge < -0.3 is 19.9 Å². The van der Waals surface area contributed by atoms with Crippen molar-refractivity contribution in [1.82, 2.24) is 15.2 Å². The van der Waals surface area contributed by atoms with E-state index >= 15 is 0 Å². The molecule has 0 fully saturated rings. The third kappa shape index (κ3) is 3.40. The van der Waals surface area contributed by atoms with Crippen LogP contribution in [0.2, 0.25) is 0 Å². The largest absolute Gasteiger partial charge is 0.504 e. The predicted molar refractivity (Wildman–Crippen MR) is 106 cm³/mol. The van der Waals surface area contributed by atoms with Gasteiger partial charge in [0.15, 0.2) is 23.4 Å². The van der Waals surface area contributed by atoms with Gasteiger partial charge in [0.25, 0.3) is 0 Å². The van der Waals surface area contributed by atoms with Gasteiger partial charge in [0, 0.05) is 21.3 Å². The second-order valence-electron chi connectivity index (χ2n) is 5.72. The lowest BCUT2D eigenvalue weighted by atomic mass is 10.1. The number of thioether (sulfide) groups is 1. The minimum atomic E-state index is -0.549. The molecule has 0 bridgehead atoms. The number of benzene rings is 2. The van der Waals surface area contributed by atoms with E-state index in [1.165, 1.54) is 18.9 Å². The number of nitrogens with one attached hydrogen (secondary N) is 1. The summed E-state index contributed by atoms with van der Waals surface area (Å²) in [6.07, 6.45) is 1.33. The molecule has 0 saturated carbocycles. The molecule has 2 N–H and O–H groups in total. The molecule has 1 aromatic heterocycles. The molecule has 0 spiro atoms. The zero-order valence-electron chi connectivity index (χ0n) is 14.4. The number of methoxy groups -OCH3 is 1. The Balaban J connectivity index is 1.86. The first-order valence-electron chi connectivity index (χ1n) is 7.98. The van der Waals surface area contributed by atoms with E-state index in [1.807, 2.05) is 24.5 Å². The van der Waals surface area contributed by atoms with E-state index in [1.54, 1.807) is 18.2 Å². The van der Waals surface area contributed by atoms with Gasteiger partial charge in [0.1, 0.15) is 0 Å². The highest BCUT2D eigenvalue weighted by atomic mass is 79.9. The van der Waals surface area contributed by atoms with Crippen molar-refractivity contribution < 1.29 is 14.6 Å². The van der Waals surface area contributed by atoms with Crippen LogP contribution in [0, 0.1) is 0 Å². The summed E-state index contributed by atoms with van der Waals surface area (Å²) < 4.78 is 12.3. The Kier molecular flexibility index (Phi) is 4.79. The molecule has 138 valence electrons. The number of fused-ring (bicyclic) bond motifs is 3. The maximum atomic E-state index is 9.88. The first-order chi connectivity index (χ1) is 13.1. The molecular formula is C18H15BrN4O3S. The average molecular weight is 447 g/mol. The summed E-state index contributed by atoms with van der Waals surface area (Å²) in [6, 6.07) is 10.9. The Labute approximate surface area is 168 Å². The topological polar surface area (TPSA) is 89.4 Å². The van der Waals surface area contributed by atoms with Crippen molar-refractivity contribution >= 4 is 33.4 Å². The normalized spacial score (nSPS) is 15.0. The summed E-state index contributed by atoms with van der Waals surface area (Å²) in [4.78, 5) is 4.49. The fourth-order valence-electron chi connectivity index (χ4n) is 2.76. The van der Waals surface area contributed by atoms with Gasteiger partial charge >= 0.3 is 0 Å². The zero-order chi connectivity index (χ0) is 19.0. The SMILES string of the molecule is COc1cc(C2Nc3ccc(Br)cc3-c3nnc(SC)nc3O2)ccc1O. The second-order valence-corrected chi connectivity index (χ2v) is 7.40. The first kappa shape index (κ1) is 17.9. The molecule has 1 atom stereocenters. The van der Waals surface area contributed by atoms with Crippen molar-refractivity contribution in [3.63, 3.8) is 0 Å². The summed E-state index contributed by atoms with van der Waals surface area (Å²) >= 11 is 4.89. The second kappa shape index (κ2) is 7.24. The standard InChI is InChI=1S/C18H15BrN4O3S/c1-25-14-7-9(3-6-13(14)24)16-20-12-5-4-10(19)8-11(12)15-17(26-16)21-18(27-2)23-22-15/h3-8,16,20,24H,1-2H3. The zero-order valence-corrected chi connectivity index (χ0v) is 16.8. The maximum absolute atomic E-state index is 9.88. The number of anilines is 1. The van der Waals surface area contributed by atoms with Gasteiger partial charge in [-0.2, -0.15) is 4.98 Å². The van der Waals surface area contributed by atoms with Crippen LogP contribution in [0.25, 0.3) is 11.3 Å². The van der Waals surface area contributed by atoms with Gasteiger partial charge in [-0.05, 0) is 42.7 Å². The van der Waals surface area contributed by atoms with Gasteiger partial charge in [-0.1, -0.05) is 27.7 Å². The van der Waals surface area contributed by atoms with E-state index in [0.717, 1.165) is 21.3 Å². The van der Waals surface area contributed by atoms with Crippen LogP contribution in [0.5, 0.6) is 17.4 Å². The van der Waals surface area contributed by atoms with E-state index in [0.29, 0.717) is 22.5 Å². The number of aromatic nitrogens is 3. The van der Waals surface area contributed by atoms with E-state index < -0.39 is 6.23 Å². The molecule has 27 heavy (non-hydrogen) atoms. The monoisotopic (exact) mass is 446 g/mol. The molecule has 4 rings (SSSR count). The Bertz CT molecular complexity index is 1020. The van der Waals surface area contributed by atoms with Crippen LogP contribution in [0.15, 0.2) is 46.0 Å². The fourth-order valence-corrected chi connectivity index (χ4v) is 3.42. The van der Waals surface area contributed by atoms with Crippen molar-refractivity contribution in [3.05, 3.63) is 46.4 Å². The Morgan fingerprint density at radius 3 is 2.85 bits per heavy atom. The van der Waals surface area contributed by atoms with Crippen LogP contribution in [0.3, 0.4) is 0 Å². The summed E-state index contributed by atoms with van der Waals surface area (Å²) in [7, 11) is 1.50. The lowest BCUT2D eigenvalue weighted by Crippen LogP contribution is -2.17. The predicted octanol–water partition coefficient (Wildman–Crippen LogP) is 4.24. The molecule has 0 saturated heterocycles. The molecule has 1 unspecified atom stereocenters. The summed E-state index contributed by atoms with van der Waals surface area (Å²) in [6.45, 7) is 0. The van der Waals surface area contributed by atoms with E-state index in [-0.39, 0.29) is 5.75 Å². The van der Waals surface area contributed by atoms with Crippen molar-refractivity contribution in [3.8, 4) is 28.6 Å². The van der Waals surface area contributed by atoms with Crippen LogP contribution in [0.1, 0.15) is 11.8 Å². The molecule has 1 aliphatic heterocycles. The van der Waals surface area contributed by atoms with E-state index in [2.05, 4.69) is 36.4 Å². The highest BCUT2D eigenvalue weighted by Gasteiger charge is 2.27. The molecule has 2 heterocycles. The molecule has 0 radical (unpaired) electrons. The van der Waals surface area contributed by atoms with Crippen molar-refractivity contribution in [2.75, 3.05) is 18.7 Å². The number of phenolic OH excluding ortho intramolecular Hbond substituents is 1. The third-order valence-electron chi connectivity index (χ3n) is 4.08. The number of nitrogens with zero attached hydrogens (tertiary/aromatic N) is 3. The lowest BCUT2D eigenvalue weighted by Gasteiger charge is -2.20. The van der Waals surface area contributed by atoms with Crippen LogP contribution in [-0.2, 0) is 0 Å². The minimum Gasteiger partial charge on any atom is -0.504 e. The molecule has 0 aliphatic carbocycles. The quantitative estimate of drug-likeness (QED) is 0.577. The van der Waals surface area contributed by atoms with Crippen LogP contribution in [0.4, 0.5) is 5.69 Å². The van der Waals surface area contributed by atoms with Crippen LogP contribution in [-0.4, -0.2) is 33.7 Å². The van der Waals surface area contributed by atoms with Gasteiger partial charge in [-0.15, -0.1) is 10.2 Å². The average Bonchev–Trinajstić information content (AvgIpc) is 2.84. The smallest absolute Gasteiger partial charge is 0.247 e. The number of rotatable bonds is 3. The fraction of sp³-hybridized carbons (Fsp3) is 0.167. The maximum Gasteiger partial charge on any atom is 0.247 e. The summed E-state index contributed by atoms with van der Waals surface area (Å²) in [5.74, 6) is 0.813. The van der Waals surface area contributed by atoms with E-state index in [9.17, 15) is 5.11 Å². The third-order valence-corrected chi connectivity index (χ3v) is 5.11. The van der Waals surface area contributed by atoms with Gasteiger partial charge in [-0.25, -0.2) is 0 Å². The highest BCUT2D eigenvalue weighted by molar-refractivity contribution is 9.10. The first-order valence-corrected chi connectivity index (χ1v) is 9.99. The van der Waals surface area contributed by atoms with Gasteiger partial charge in [0.2, 0.25) is 11.0 Å². The van der Waals surface area contributed by atoms with E-state index in [4.69, 9.17) is 9.47 Å². The molecule has 9 heteroatoms. The number of ether oxygens (including phenoxy) is 2.